The molecular weight excluding hydrogens is 304 g/mol. The first-order valence-electron chi connectivity index (χ1n) is 8.05. The van der Waals surface area contributed by atoms with Crippen LogP contribution < -0.4 is 15.6 Å². The molecule has 5 nitrogen and oxygen atoms in total. The number of aromatic nitrogens is 1. The van der Waals surface area contributed by atoms with Crippen molar-refractivity contribution in [2.45, 2.75) is 40.2 Å². The molecule has 2 aromatic rings. The number of rotatable bonds is 6. The number of pyridine rings is 1. The Morgan fingerprint density at radius 2 is 1.88 bits per heavy atom. The molecule has 2 N–H and O–H groups in total. The third-order valence-electron chi connectivity index (χ3n) is 3.87. The van der Waals surface area contributed by atoms with Crippen LogP contribution in [0.2, 0.25) is 0 Å². The molecule has 1 heterocycles. The molecule has 0 fully saturated rings. The first-order valence-corrected chi connectivity index (χ1v) is 8.05. The number of benzene rings is 1. The Kier molecular flexibility index (Phi) is 5.79. The molecule has 0 spiro atoms. The second kappa shape index (κ2) is 7.81. The third-order valence-corrected chi connectivity index (χ3v) is 3.87. The Morgan fingerprint density at radius 1 is 1.21 bits per heavy atom. The topological polar surface area (TPSA) is 71.2 Å². The van der Waals surface area contributed by atoms with Crippen molar-refractivity contribution >= 4 is 5.91 Å². The quantitative estimate of drug-likeness (QED) is 0.856. The molecule has 0 aliphatic carbocycles. The summed E-state index contributed by atoms with van der Waals surface area (Å²) in [5.74, 6) is 0.847. The minimum atomic E-state index is -0.262. The van der Waals surface area contributed by atoms with Crippen LogP contribution in [-0.4, -0.2) is 17.5 Å². The summed E-state index contributed by atoms with van der Waals surface area (Å²) in [5.41, 5.74) is 3.29. The van der Waals surface area contributed by atoms with Crippen molar-refractivity contribution in [1.29, 1.82) is 0 Å². The molecule has 0 unspecified atom stereocenters. The summed E-state index contributed by atoms with van der Waals surface area (Å²) in [5, 5.41) is 2.72. The minimum Gasteiger partial charge on any atom is -0.484 e. The Balaban J connectivity index is 1.87. The number of hydrogen-bond donors (Lipinski definition) is 2. The molecule has 0 radical (unpaired) electrons. The number of carbonyl (C=O) groups excluding carboxylic acids is 1. The first kappa shape index (κ1) is 17.8. The summed E-state index contributed by atoms with van der Waals surface area (Å²) in [4.78, 5) is 26.5. The molecule has 24 heavy (non-hydrogen) atoms. The van der Waals surface area contributed by atoms with Crippen molar-refractivity contribution < 1.29 is 9.53 Å². The summed E-state index contributed by atoms with van der Waals surface area (Å²) < 4.78 is 5.47. The third kappa shape index (κ3) is 4.72. The molecule has 5 heteroatoms. The minimum absolute atomic E-state index is 0.0795. The summed E-state index contributed by atoms with van der Waals surface area (Å²) in [7, 11) is 0. The second-order valence-corrected chi connectivity index (χ2v) is 6.23. The van der Waals surface area contributed by atoms with Crippen LogP contribution in [-0.2, 0) is 11.3 Å². The van der Waals surface area contributed by atoms with Crippen LogP contribution in [0.3, 0.4) is 0 Å². The van der Waals surface area contributed by atoms with E-state index in [2.05, 4.69) is 24.1 Å². The van der Waals surface area contributed by atoms with Gasteiger partial charge in [-0.25, -0.2) is 0 Å². The lowest BCUT2D eigenvalue weighted by molar-refractivity contribution is -0.123. The zero-order valence-corrected chi connectivity index (χ0v) is 14.6. The lowest BCUT2D eigenvalue weighted by Crippen LogP contribution is -2.31. The Bertz CT molecular complexity index is 761. The molecule has 0 aliphatic rings. The fraction of sp³-hybridized carbons (Fsp3) is 0.368. The van der Waals surface area contributed by atoms with Crippen molar-refractivity contribution in [3.63, 3.8) is 0 Å². The van der Waals surface area contributed by atoms with Gasteiger partial charge in [0.05, 0.1) is 0 Å². The van der Waals surface area contributed by atoms with Crippen LogP contribution >= 0.6 is 0 Å². The first-order chi connectivity index (χ1) is 11.4. The van der Waals surface area contributed by atoms with E-state index < -0.39 is 0 Å². The number of hydrogen-bond acceptors (Lipinski definition) is 3. The number of aryl methyl sites for hydroxylation is 2. The monoisotopic (exact) mass is 328 g/mol. The van der Waals surface area contributed by atoms with Crippen LogP contribution in [0.1, 0.15) is 42.1 Å². The van der Waals surface area contributed by atoms with Crippen molar-refractivity contribution in [3.05, 3.63) is 63.1 Å². The maximum atomic E-state index is 11.9. The van der Waals surface area contributed by atoms with E-state index >= 15 is 0 Å². The van der Waals surface area contributed by atoms with Crippen molar-refractivity contribution in [2.75, 3.05) is 6.61 Å². The molecule has 2 rings (SSSR count). The molecule has 1 aromatic heterocycles. The number of carbonyl (C=O) groups is 1. The van der Waals surface area contributed by atoms with E-state index in [0.29, 0.717) is 17.2 Å². The summed E-state index contributed by atoms with van der Waals surface area (Å²) in [6.07, 6.45) is 0. The molecular formula is C19H24N2O3. The predicted octanol–water partition coefficient (Wildman–Crippen LogP) is 2.81. The fourth-order valence-corrected chi connectivity index (χ4v) is 2.44. The number of H-pyrrole nitrogens is 1. The van der Waals surface area contributed by atoms with Crippen LogP contribution in [0.5, 0.6) is 5.75 Å². The van der Waals surface area contributed by atoms with Crippen LogP contribution in [0.4, 0.5) is 0 Å². The maximum absolute atomic E-state index is 11.9. The van der Waals surface area contributed by atoms with Gasteiger partial charge in [0.1, 0.15) is 5.75 Å². The number of aromatic amines is 1. The fourth-order valence-electron chi connectivity index (χ4n) is 2.44. The lowest BCUT2D eigenvalue weighted by atomic mass is 10.0. The lowest BCUT2D eigenvalue weighted by Gasteiger charge is -2.10. The zero-order valence-electron chi connectivity index (χ0n) is 14.6. The predicted molar refractivity (Wildman–Crippen MR) is 94.4 cm³/mol. The van der Waals surface area contributed by atoms with Gasteiger partial charge >= 0.3 is 0 Å². The molecule has 128 valence electrons. The van der Waals surface area contributed by atoms with E-state index in [4.69, 9.17) is 4.74 Å². The van der Waals surface area contributed by atoms with E-state index in [1.807, 2.05) is 44.2 Å². The molecule has 0 saturated carbocycles. The highest BCUT2D eigenvalue weighted by Gasteiger charge is 2.08. The molecule has 1 aromatic carbocycles. The second-order valence-electron chi connectivity index (χ2n) is 6.23. The summed E-state index contributed by atoms with van der Waals surface area (Å²) in [6.45, 7) is 8.04. The van der Waals surface area contributed by atoms with Crippen molar-refractivity contribution in [1.82, 2.24) is 10.3 Å². The molecule has 0 saturated heterocycles. The van der Waals surface area contributed by atoms with E-state index in [9.17, 15) is 9.59 Å². The van der Waals surface area contributed by atoms with Crippen molar-refractivity contribution in [3.8, 4) is 5.75 Å². The van der Waals surface area contributed by atoms with Gasteiger partial charge in [0.15, 0.2) is 6.61 Å². The summed E-state index contributed by atoms with van der Waals surface area (Å²) >= 11 is 0. The van der Waals surface area contributed by atoms with Gasteiger partial charge in [-0.05, 0) is 49.1 Å². The Hall–Kier alpha value is -2.56. The average Bonchev–Trinajstić information content (AvgIpc) is 2.52. The standard InChI is InChI=1S/C19H24N2O3/c1-12(2)15-5-7-16(8-6-15)24-11-18(22)20-10-17-13(3)9-14(4)21-19(17)23/h5-9,12H,10-11H2,1-4H3,(H,20,22)(H,21,23). The number of nitrogens with one attached hydrogen (secondary N) is 2. The molecule has 0 bridgehead atoms. The van der Waals surface area contributed by atoms with Gasteiger partial charge in [-0.3, -0.25) is 9.59 Å². The van der Waals surface area contributed by atoms with Gasteiger partial charge in [-0.2, -0.15) is 0 Å². The maximum Gasteiger partial charge on any atom is 0.258 e. The smallest absolute Gasteiger partial charge is 0.258 e. The SMILES string of the molecule is Cc1cc(C)c(CNC(=O)COc2ccc(C(C)C)cc2)c(=O)[nH]1. The number of amides is 1. The van der Waals surface area contributed by atoms with Crippen molar-refractivity contribution in [2.24, 2.45) is 0 Å². The van der Waals surface area contributed by atoms with Gasteiger partial charge in [0, 0.05) is 17.8 Å². The molecule has 0 aliphatic heterocycles. The Morgan fingerprint density at radius 3 is 2.46 bits per heavy atom. The van der Waals surface area contributed by atoms with Crippen LogP contribution in [0, 0.1) is 13.8 Å². The highest BCUT2D eigenvalue weighted by atomic mass is 16.5. The Labute approximate surface area is 142 Å². The van der Waals surface area contributed by atoms with Gasteiger partial charge in [0.2, 0.25) is 0 Å². The van der Waals surface area contributed by atoms with Gasteiger partial charge in [-0.1, -0.05) is 26.0 Å². The normalized spacial score (nSPS) is 10.7. The van der Waals surface area contributed by atoms with E-state index in [-0.39, 0.29) is 24.6 Å². The van der Waals surface area contributed by atoms with Crippen LogP contribution in [0.25, 0.3) is 0 Å². The van der Waals surface area contributed by atoms with E-state index in [0.717, 1.165) is 11.3 Å². The van der Waals surface area contributed by atoms with Gasteiger partial charge < -0.3 is 15.0 Å². The largest absolute Gasteiger partial charge is 0.484 e. The van der Waals surface area contributed by atoms with E-state index in [1.165, 1.54) is 5.56 Å². The van der Waals surface area contributed by atoms with Gasteiger partial charge in [0.25, 0.3) is 11.5 Å². The van der Waals surface area contributed by atoms with E-state index in [1.54, 1.807) is 0 Å². The highest BCUT2D eigenvalue weighted by molar-refractivity contribution is 5.77. The average molecular weight is 328 g/mol. The van der Waals surface area contributed by atoms with Gasteiger partial charge in [-0.15, -0.1) is 0 Å². The summed E-state index contributed by atoms with van der Waals surface area (Å²) in [6, 6.07) is 9.59. The molecule has 0 atom stereocenters. The van der Waals surface area contributed by atoms with Crippen LogP contribution in [0.15, 0.2) is 35.1 Å². The zero-order chi connectivity index (χ0) is 17.7. The molecule has 1 amide bonds. The number of ether oxygens (including phenoxy) is 1. The highest BCUT2D eigenvalue weighted by Crippen LogP contribution is 2.18.